The number of hydrogen-bond acceptors (Lipinski definition) is 4. The lowest BCUT2D eigenvalue weighted by Crippen LogP contribution is -2.33. The summed E-state index contributed by atoms with van der Waals surface area (Å²) in [6, 6.07) is 15.0. The summed E-state index contributed by atoms with van der Waals surface area (Å²) in [5, 5.41) is 3.27. The van der Waals surface area contributed by atoms with Gasteiger partial charge in [0.1, 0.15) is 18.1 Å². The fourth-order valence-corrected chi connectivity index (χ4v) is 2.38. The third-order valence-electron chi connectivity index (χ3n) is 3.61. The second-order valence-corrected chi connectivity index (χ2v) is 4.98. The predicted molar refractivity (Wildman–Crippen MR) is 81.2 cm³/mol. The molecular formula is C17H17NO3. The van der Waals surface area contributed by atoms with E-state index in [0.717, 1.165) is 11.4 Å². The maximum atomic E-state index is 12.4. The standard InChI is InChI=1S/C17H17NO3/c1-20-14-8-6-13(7-9-14)18-10-12-11-21-16-5-3-2-4-15(16)17(12)19/h2-9,12,18H,10-11H2,1H3/t12-/m1/s1. The molecule has 0 spiro atoms. The van der Waals surface area contributed by atoms with Gasteiger partial charge in [-0.2, -0.15) is 0 Å². The van der Waals surface area contributed by atoms with E-state index < -0.39 is 0 Å². The van der Waals surface area contributed by atoms with Crippen LogP contribution in [0.25, 0.3) is 0 Å². The van der Waals surface area contributed by atoms with Crippen LogP contribution >= 0.6 is 0 Å². The topological polar surface area (TPSA) is 47.6 Å². The van der Waals surface area contributed by atoms with Crippen LogP contribution in [-0.2, 0) is 0 Å². The van der Waals surface area contributed by atoms with Crippen LogP contribution in [0.4, 0.5) is 5.69 Å². The van der Waals surface area contributed by atoms with Gasteiger partial charge in [0.05, 0.1) is 18.6 Å². The minimum atomic E-state index is -0.165. The predicted octanol–water partition coefficient (Wildman–Crippen LogP) is 3.00. The quantitative estimate of drug-likeness (QED) is 0.937. The van der Waals surface area contributed by atoms with E-state index in [1.807, 2.05) is 48.5 Å². The number of Topliss-reactive ketones (excluding diaryl/α,β-unsaturated/α-hetero) is 1. The number of benzene rings is 2. The minimum Gasteiger partial charge on any atom is -0.497 e. The lowest BCUT2D eigenvalue weighted by atomic mass is 9.95. The van der Waals surface area contributed by atoms with Gasteiger partial charge < -0.3 is 14.8 Å². The molecule has 0 aromatic heterocycles. The molecule has 0 saturated heterocycles. The molecule has 0 fully saturated rings. The number of para-hydroxylation sites is 1. The van der Waals surface area contributed by atoms with E-state index in [1.54, 1.807) is 7.11 Å². The van der Waals surface area contributed by atoms with Crippen molar-refractivity contribution in [1.82, 2.24) is 0 Å². The molecule has 2 aromatic carbocycles. The third kappa shape index (κ3) is 2.84. The maximum Gasteiger partial charge on any atom is 0.174 e. The molecule has 3 rings (SSSR count). The van der Waals surface area contributed by atoms with Crippen LogP contribution in [0.5, 0.6) is 11.5 Å². The van der Waals surface area contributed by atoms with Crippen LogP contribution in [-0.4, -0.2) is 26.0 Å². The summed E-state index contributed by atoms with van der Waals surface area (Å²) in [7, 11) is 1.64. The van der Waals surface area contributed by atoms with Gasteiger partial charge in [-0.25, -0.2) is 0 Å². The monoisotopic (exact) mass is 283 g/mol. The zero-order valence-corrected chi connectivity index (χ0v) is 11.8. The molecular weight excluding hydrogens is 266 g/mol. The number of carbonyl (C=O) groups is 1. The number of rotatable bonds is 4. The Morgan fingerprint density at radius 3 is 2.71 bits per heavy atom. The highest BCUT2D eigenvalue weighted by Gasteiger charge is 2.28. The number of hydrogen-bond donors (Lipinski definition) is 1. The van der Waals surface area contributed by atoms with Gasteiger partial charge in [0, 0.05) is 12.2 Å². The Balaban J connectivity index is 1.65. The first kappa shape index (κ1) is 13.5. The minimum absolute atomic E-state index is 0.137. The number of nitrogens with one attached hydrogen (secondary N) is 1. The van der Waals surface area contributed by atoms with E-state index in [0.29, 0.717) is 24.5 Å². The van der Waals surface area contributed by atoms with E-state index in [-0.39, 0.29) is 11.7 Å². The highest BCUT2D eigenvalue weighted by molar-refractivity contribution is 6.01. The first-order chi connectivity index (χ1) is 10.3. The van der Waals surface area contributed by atoms with Crippen molar-refractivity contribution >= 4 is 11.5 Å². The van der Waals surface area contributed by atoms with Gasteiger partial charge in [-0.15, -0.1) is 0 Å². The zero-order chi connectivity index (χ0) is 14.7. The van der Waals surface area contributed by atoms with Crippen molar-refractivity contribution in [1.29, 1.82) is 0 Å². The number of anilines is 1. The molecule has 1 aliphatic rings. The Labute approximate surface area is 123 Å². The number of ketones is 1. The molecule has 4 nitrogen and oxygen atoms in total. The lowest BCUT2D eigenvalue weighted by molar-refractivity contribution is 0.0843. The molecule has 0 radical (unpaired) electrons. The molecule has 0 bridgehead atoms. The molecule has 0 unspecified atom stereocenters. The Hall–Kier alpha value is -2.49. The Morgan fingerprint density at radius 1 is 1.19 bits per heavy atom. The smallest absolute Gasteiger partial charge is 0.174 e. The molecule has 1 aliphatic heterocycles. The average molecular weight is 283 g/mol. The first-order valence-corrected chi connectivity index (χ1v) is 6.92. The van der Waals surface area contributed by atoms with E-state index in [1.165, 1.54) is 0 Å². The average Bonchev–Trinajstić information content (AvgIpc) is 2.55. The molecule has 108 valence electrons. The van der Waals surface area contributed by atoms with Gasteiger partial charge in [0.15, 0.2) is 5.78 Å². The van der Waals surface area contributed by atoms with E-state index in [9.17, 15) is 4.79 Å². The van der Waals surface area contributed by atoms with Crippen LogP contribution in [0.1, 0.15) is 10.4 Å². The summed E-state index contributed by atoms with van der Waals surface area (Å²) in [6.45, 7) is 0.971. The normalized spacial score (nSPS) is 16.8. The van der Waals surface area contributed by atoms with Crippen LogP contribution in [0.15, 0.2) is 48.5 Å². The van der Waals surface area contributed by atoms with Crippen LogP contribution in [0.3, 0.4) is 0 Å². The number of fused-ring (bicyclic) bond motifs is 1. The van der Waals surface area contributed by atoms with Crippen molar-refractivity contribution in [2.75, 3.05) is 25.6 Å². The molecule has 2 aromatic rings. The van der Waals surface area contributed by atoms with Crippen LogP contribution in [0, 0.1) is 5.92 Å². The second-order valence-electron chi connectivity index (χ2n) is 4.98. The van der Waals surface area contributed by atoms with Gasteiger partial charge in [-0.05, 0) is 36.4 Å². The van der Waals surface area contributed by atoms with Gasteiger partial charge in [-0.1, -0.05) is 12.1 Å². The molecule has 4 heteroatoms. The van der Waals surface area contributed by atoms with Crippen LogP contribution in [0.2, 0.25) is 0 Å². The molecule has 1 N–H and O–H groups in total. The summed E-state index contributed by atoms with van der Waals surface area (Å²) in [6.07, 6.45) is 0. The van der Waals surface area contributed by atoms with Crippen LogP contribution < -0.4 is 14.8 Å². The number of methoxy groups -OCH3 is 1. The summed E-state index contributed by atoms with van der Waals surface area (Å²) in [4.78, 5) is 12.4. The summed E-state index contributed by atoms with van der Waals surface area (Å²) in [5.41, 5.74) is 1.63. The number of carbonyl (C=O) groups excluding carboxylic acids is 1. The fraction of sp³-hybridized carbons (Fsp3) is 0.235. The summed E-state index contributed by atoms with van der Waals surface area (Å²) < 4.78 is 10.8. The second kappa shape index (κ2) is 5.87. The molecule has 1 heterocycles. The first-order valence-electron chi connectivity index (χ1n) is 6.92. The van der Waals surface area contributed by atoms with Crippen molar-refractivity contribution in [3.63, 3.8) is 0 Å². The van der Waals surface area contributed by atoms with Gasteiger partial charge >= 0.3 is 0 Å². The van der Waals surface area contributed by atoms with Gasteiger partial charge in [-0.3, -0.25) is 4.79 Å². The zero-order valence-electron chi connectivity index (χ0n) is 11.8. The highest BCUT2D eigenvalue weighted by Crippen LogP contribution is 2.27. The third-order valence-corrected chi connectivity index (χ3v) is 3.61. The largest absolute Gasteiger partial charge is 0.497 e. The summed E-state index contributed by atoms with van der Waals surface area (Å²) in [5.74, 6) is 1.47. The number of ether oxygens (including phenoxy) is 2. The molecule has 0 saturated carbocycles. The van der Waals surface area contributed by atoms with Gasteiger partial charge in [0.25, 0.3) is 0 Å². The Morgan fingerprint density at radius 2 is 1.95 bits per heavy atom. The van der Waals surface area contributed by atoms with Crippen molar-refractivity contribution in [3.05, 3.63) is 54.1 Å². The van der Waals surface area contributed by atoms with Crippen molar-refractivity contribution in [3.8, 4) is 11.5 Å². The van der Waals surface area contributed by atoms with Crippen molar-refractivity contribution in [2.24, 2.45) is 5.92 Å². The van der Waals surface area contributed by atoms with Crippen molar-refractivity contribution in [2.45, 2.75) is 0 Å². The summed E-state index contributed by atoms with van der Waals surface area (Å²) >= 11 is 0. The molecule has 1 atom stereocenters. The van der Waals surface area contributed by atoms with E-state index in [2.05, 4.69) is 5.32 Å². The SMILES string of the molecule is COc1ccc(NC[C@@H]2COc3ccccc3C2=O)cc1. The molecule has 0 amide bonds. The van der Waals surface area contributed by atoms with Gasteiger partial charge in [0.2, 0.25) is 0 Å². The van der Waals surface area contributed by atoms with Crippen molar-refractivity contribution < 1.29 is 14.3 Å². The van der Waals surface area contributed by atoms with E-state index in [4.69, 9.17) is 9.47 Å². The highest BCUT2D eigenvalue weighted by atomic mass is 16.5. The fourth-order valence-electron chi connectivity index (χ4n) is 2.38. The Bertz CT molecular complexity index is 637. The molecule has 21 heavy (non-hydrogen) atoms. The van der Waals surface area contributed by atoms with E-state index >= 15 is 0 Å². The maximum absolute atomic E-state index is 12.4. The Kier molecular flexibility index (Phi) is 3.77. The lowest BCUT2D eigenvalue weighted by Gasteiger charge is -2.24. The molecule has 0 aliphatic carbocycles.